The molecule has 30 heavy (non-hydrogen) atoms. The van der Waals surface area contributed by atoms with E-state index in [0.29, 0.717) is 29.5 Å². The molecule has 2 aromatic carbocycles. The first-order valence-electron chi connectivity index (χ1n) is 9.93. The standard InChI is InChI=1S/C23H25N3O4/c1-3-30-19-11-9-18(10-12-19)25(14-6-13-24)23(28)17-15-22(27)26(16-17)20-7-4-5-8-21(20)29-2/h4-5,7-12,17H,3,6,14-16H2,1-2H3. The van der Waals surface area contributed by atoms with E-state index in [1.165, 1.54) is 0 Å². The van der Waals surface area contributed by atoms with Crippen LogP contribution in [-0.2, 0) is 9.59 Å². The van der Waals surface area contributed by atoms with Gasteiger partial charge in [0.2, 0.25) is 11.8 Å². The van der Waals surface area contributed by atoms with Crippen molar-refractivity contribution in [3.05, 3.63) is 48.5 Å². The Hall–Kier alpha value is -3.53. The van der Waals surface area contributed by atoms with E-state index < -0.39 is 5.92 Å². The molecule has 1 unspecified atom stereocenters. The Morgan fingerprint density at radius 1 is 1.23 bits per heavy atom. The molecule has 2 amide bonds. The first-order chi connectivity index (χ1) is 14.6. The summed E-state index contributed by atoms with van der Waals surface area (Å²) in [6.07, 6.45) is 0.326. The SMILES string of the molecule is CCOc1ccc(N(CCC#N)C(=O)C2CC(=O)N(c3ccccc3OC)C2)cc1. The molecule has 0 aliphatic carbocycles. The van der Waals surface area contributed by atoms with Gasteiger partial charge in [-0.1, -0.05) is 12.1 Å². The van der Waals surface area contributed by atoms with Crippen molar-refractivity contribution in [2.75, 3.05) is 36.6 Å². The summed E-state index contributed by atoms with van der Waals surface area (Å²) in [5.41, 5.74) is 1.34. The summed E-state index contributed by atoms with van der Waals surface area (Å²) in [4.78, 5) is 29.2. The molecule has 0 aromatic heterocycles. The van der Waals surface area contributed by atoms with E-state index >= 15 is 0 Å². The van der Waals surface area contributed by atoms with Crippen molar-refractivity contribution in [3.63, 3.8) is 0 Å². The van der Waals surface area contributed by atoms with E-state index in [9.17, 15) is 9.59 Å². The van der Waals surface area contributed by atoms with Gasteiger partial charge in [-0.15, -0.1) is 0 Å². The molecular formula is C23H25N3O4. The maximum Gasteiger partial charge on any atom is 0.232 e. The Morgan fingerprint density at radius 3 is 2.63 bits per heavy atom. The molecular weight excluding hydrogens is 382 g/mol. The van der Waals surface area contributed by atoms with Gasteiger partial charge in [-0.25, -0.2) is 0 Å². The summed E-state index contributed by atoms with van der Waals surface area (Å²) in [7, 11) is 1.55. The number of ether oxygens (including phenoxy) is 2. The number of carbonyl (C=O) groups excluding carboxylic acids is 2. The lowest BCUT2D eigenvalue weighted by molar-refractivity contribution is -0.124. The topological polar surface area (TPSA) is 82.9 Å². The van der Waals surface area contributed by atoms with Gasteiger partial charge in [0.05, 0.1) is 37.8 Å². The van der Waals surface area contributed by atoms with Crippen LogP contribution < -0.4 is 19.3 Å². The van der Waals surface area contributed by atoms with Gasteiger partial charge in [0, 0.05) is 25.2 Å². The minimum atomic E-state index is -0.493. The van der Waals surface area contributed by atoms with Crippen LogP contribution in [0.1, 0.15) is 19.8 Å². The molecule has 1 saturated heterocycles. The van der Waals surface area contributed by atoms with Crippen LogP contribution >= 0.6 is 0 Å². The van der Waals surface area contributed by atoms with Gasteiger partial charge in [0.1, 0.15) is 11.5 Å². The van der Waals surface area contributed by atoms with Gasteiger partial charge in [0.15, 0.2) is 0 Å². The number of rotatable bonds is 8. The Labute approximate surface area is 176 Å². The molecule has 1 fully saturated rings. The number of benzene rings is 2. The zero-order chi connectivity index (χ0) is 21.5. The van der Waals surface area contributed by atoms with Gasteiger partial charge >= 0.3 is 0 Å². The zero-order valence-electron chi connectivity index (χ0n) is 17.2. The number of nitriles is 1. The Morgan fingerprint density at radius 2 is 1.97 bits per heavy atom. The van der Waals surface area contributed by atoms with Crippen LogP contribution in [0.2, 0.25) is 0 Å². The van der Waals surface area contributed by atoms with Crippen LogP contribution in [0.15, 0.2) is 48.5 Å². The van der Waals surface area contributed by atoms with Gasteiger partial charge in [-0.3, -0.25) is 9.59 Å². The number of hydrogen-bond acceptors (Lipinski definition) is 5. The molecule has 0 saturated carbocycles. The van der Waals surface area contributed by atoms with Crippen LogP contribution in [-0.4, -0.2) is 38.6 Å². The van der Waals surface area contributed by atoms with Crippen LogP contribution in [0.5, 0.6) is 11.5 Å². The van der Waals surface area contributed by atoms with E-state index in [1.54, 1.807) is 47.2 Å². The molecule has 7 heteroatoms. The number of carbonyl (C=O) groups is 2. The summed E-state index contributed by atoms with van der Waals surface area (Å²) in [6, 6.07) is 16.6. The third-order valence-electron chi connectivity index (χ3n) is 5.02. The average Bonchev–Trinajstić information content (AvgIpc) is 3.16. The predicted octanol–water partition coefficient (Wildman–Crippen LogP) is 3.39. The number of hydrogen-bond donors (Lipinski definition) is 0. The van der Waals surface area contributed by atoms with Crippen molar-refractivity contribution in [1.29, 1.82) is 5.26 Å². The minimum Gasteiger partial charge on any atom is -0.495 e. The molecule has 0 N–H and O–H groups in total. The average molecular weight is 407 g/mol. The molecule has 1 aliphatic heterocycles. The summed E-state index contributed by atoms with van der Waals surface area (Å²) >= 11 is 0. The summed E-state index contributed by atoms with van der Waals surface area (Å²) in [5.74, 6) is 0.525. The van der Waals surface area contributed by atoms with Crippen LogP contribution in [0.3, 0.4) is 0 Å². The summed E-state index contributed by atoms with van der Waals surface area (Å²) in [6.45, 7) is 3.00. The lowest BCUT2D eigenvalue weighted by Gasteiger charge is -2.25. The summed E-state index contributed by atoms with van der Waals surface area (Å²) < 4.78 is 10.8. The van der Waals surface area contributed by atoms with Crippen LogP contribution in [0.25, 0.3) is 0 Å². The molecule has 0 bridgehead atoms. The molecule has 1 atom stereocenters. The van der Waals surface area contributed by atoms with Gasteiger partial charge in [-0.05, 0) is 43.3 Å². The molecule has 7 nitrogen and oxygen atoms in total. The highest BCUT2D eigenvalue weighted by Gasteiger charge is 2.38. The molecule has 1 heterocycles. The lowest BCUT2D eigenvalue weighted by Crippen LogP contribution is -2.38. The number of nitrogens with zero attached hydrogens (tertiary/aromatic N) is 3. The normalized spacial score (nSPS) is 15.6. The molecule has 156 valence electrons. The number of methoxy groups -OCH3 is 1. The molecule has 2 aromatic rings. The van der Waals surface area contributed by atoms with Gasteiger partial charge in [-0.2, -0.15) is 5.26 Å². The highest BCUT2D eigenvalue weighted by atomic mass is 16.5. The maximum atomic E-state index is 13.3. The van der Waals surface area contributed by atoms with E-state index in [1.807, 2.05) is 25.1 Å². The van der Waals surface area contributed by atoms with E-state index in [0.717, 1.165) is 0 Å². The minimum absolute atomic E-state index is 0.121. The Kier molecular flexibility index (Phi) is 6.91. The van der Waals surface area contributed by atoms with E-state index in [2.05, 4.69) is 6.07 Å². The van der Waals surface area contributed by atoms with Crippen molar-refractivity contribution < 1.29 is 19.1 Å². The van der Waals surface area contributed by atoms with Crippen molar-refractivity contribution in [3.8, 4) is 17.6 Å². The quantitative estimate of drug-likeness (QED) is 0.670. The third-order valence-corrected chi connectivity index (χ3v) is 5.02. The Bertz CT molecular complexity index is 936. The zero-order valence-corrected chi connectivity index (χ0v) is 17.2. The molecule has 0 radical (unpaired) electrons. The first-order valence-corrected chi connectivity index (χ1v) is 9.93. The smallest absolute Gasteiger partial charge is 0.232 e. The van der Waals surface area contributed by atoms with Crippen molar-refractivity contribution >= 4 is 23.2 Å². The van der Waals surface area contributed by atoms with E-state index in [4.69, 9.17) is 14.7 Å². The van der Waals surface area contributed by atoms with Crippen molar-refractivity contribution in [1.82, 2.24) is 0 Å². The second-order valence-electron chi connectivity index (χ2n) is 6.90. The summed E-state index contributed by atoms with van der Waals surface area (Å²) in [5, 5.41) is 9.03. The number of para-hydroxylation sites is 2. The fraction of sp³-hybridized carbons (Fsp3) is 0.348. The lowest BCUT2D eigenvalue weighted by atomic mass is 10.1. The molecule has 1 aliphatic rings. The van der Waals surface area contributed by atoms with Gasteiger partial charge in [0.25, 0.3) is 0 Å². The van der Waals surface area contributed by atoms with Crippen molar-refractivity contribution in [2.45, 2.75) is 19.8 Å². The highest BCUT2D eigenvalue weighted by Crippen LogP contribution is 2.34. The fourth-order valence-electron chi connectivity index (χ4n) is 3.60. The van der Waals surface area contributed by atoms with Crippen molar-refractivity contribution in [2.24, 2.45) is 5.92 Å². The monoisotopic (exact) mass is 407 g/mol. The second-order valence-corrected chi connectivity index (χ2v) is 6.90. The van der Waals surface area contributed by atoms with Gasteiger partial charge < -0.3 is 19.3 Å². The second kappa shape index (κ2) is 9.79. The predicted molar refractivity (Wildman–Crippen MR) is 114 cm³/mol. The molecule has 0 spiro atoms. The first kappa shape index (κ1) is 21.2. The number of amides is 2. The van der Waals surface area contributed by atoms with Crippen LogP contribution in [0, 0.1) is 17.2 Å². The van der Waals surface area contributed by atoms with E-state index in [-0.39, 0.29) is 37.7 Å². The molecule has 3 rings (SSSR count). The highest BCUT2D eigenvalue weighted by molar-refractivity contribution is 6.05. The van der Waals surface area contributed by atoms with Crippen LogP contribution in [0.4, 0.5) is 11.4 Å². The maximum absolute atomic E-state index is 13.3. The fourth-order valence-corrected chi connectivity index (χ4v) is 3.60. The number of anilines is 2. The third kappa shape index (κ3) is 4.54. The largest absolute Gasteiger partial charge is 0.495 e. The Balaban J connectivity index is 1.81.